The van der Waals surface area contributed by atoms with Crippen molar-refractivity contribution < 1.29 is 26.3 Å². The molecule has 35 heavy (non-hydrogen) atoms. The minimum atomic E-state index is -4.75. The monoisotopic (exact) mass is 530 g/mol. The molecule has 2 atom stereocenters. The van der Waals surface area contributed by atoms with Gasteiger partial charge in [0.25, 0.3) is 10.0 Å². The molecule has 1 aliphatic carbocycles. The maximum absolute atomic E-state index is 15.2. The van der Waals surface area contributed by atoms with Crippen LogP contribution in [0.5, 0.6) is 0 Å². The van der Waals surface area contributed by atoms with E-state index in [4.69, 9.17) is 16.3 Å². The summed E-state index contributed by atoms with van der Waals surface area (Å²) in [6.07, 6.45) is 2.92. The SMILES string of the molecule is COC1(C)CN(C2CC[C@@]23CCN(c2cc(F)c(S(=O)(=O)Nc4cccc(F)n4)c(F)c2Cl)C3)C1. The summed E-state index contributed by atoms with van der Waals surface area (Å²) in [4.78, 5) is 6.37. The van der Waals surface area contributed by atoms with Crippen LogP contribution in [0.4, 0.5) is 24.7 Å². The average molecular weight is 531 g/mol. The Morgan fingerprint density at radius 2 is 1.94 bits per heavy atom. The number of anilines is 2. The molecule has 3 aliphatic rings. The van der Waals surface area contributed by atoms with Crippen molar-refractivity contribution in [1.29, 1.82) is 0 Å². The zero-order chi connectivity index (χ0) is 25.2. The number of halogens is 4. The molecule has 1 aromatic carbocycles. The van der Waals surface area contributed by atoms with Gasteiger partial charge in [0.1, 0.15) is 16.7 Å². The molecule has 3 heterocycles. The van der Waals surface area contributed by atoms with Crippen LogP contribution in [0.1, 0.15) is 26.2 Å². The Labute approximate surface area is 207 Å². The number of nitrogens with one attached hydrogen (secondary N) is 1. The van der Waals surface area contributed by atoms with Gasteiger partial charge in [0.2, 0.25) is 5.95 Å². The maximum Gasteiger partial charge on any atom is 0.268 e. The number of hydrogen-bond acceptors (Lipinski definition) is 6. The molecule has 0 radical (unpaired) electrons. The van der Waals surface area contributed by atoms with E-state index in [1.165, 1.54) is 12.1 Å². The van der Waals surface area contributed by atoms with Crippen molar-refractivity contribution in [2.75, 3.05) is 42.9 Å². The first-order chi connectivity index (χ1) is 16.5. The minimum Gasteiger partial charge on any atom is -0.376 e. The molecule has 2 aliphatic heterocycles. The molecule has 1 saturated carbocycles. The van der Waals surface area contributed by atoms with Crippen molar-refractivity contribution >= 4 is 33.1 Å². The van der Waals surface area contributed by atoms with Gasteiger partial charge in [0.15, 0.2) is 10.7 Å². The summed E-state index contributed by atoms with van der Waals surface area (Å²) in [5.74, 6) is -4.02. The Bertz CT molecular complexity index is 1270. The molecule has 2 saturated heterocycles. The zero-order valence-electron chi connectivity index (χ0n) is 19.3. The zero-order valence-corrected chi connectivity index (χ0v) is 20.9. The van der Waals surface area contributed by atoms with Gasteiger partial charge < -0.3 is 9.64 Å². The number of nitrogens with zero attached hydrogens (tertiary/aromatic N) is 3. The van der Waals surface area contributed by atoms with E-state index in [9.17, 15) is 12.8 Å². The van der Waals surface area contributed by atoms with E-state index in [0.29, 0.717) is 19.1 Å². The second-order valence-corrected chi connectivity index (χ2v) is 11.9. The van der Waals surface area contributed by atoms with Crippen molar-refractivity contribution in [2.45, 2.75) is 42.7 Å². The number of benzene rings is 1. The molecule has 0 bridgehead atoms. The third kappa shape index (κ3) is 4.16. The minimum absolute atomic E-state index is 0.000702. The molecule has 1 spiro atoms. The van der Waals surface area contributed by atoms with Crippen molar-refractivity contribution in [3.8, 4) is 0 Å². The Morgan fingerprint density at radius 3 is 2.57 bits per heavy atom. The van der Waals surface area contributed by atoms with Crippen LogP contribution in [0.15, 0.2) is 29.2 Å². The summed E-state index contributed by atoms with van der Waals surface area (Å²) < 4.78 is 76.4. The van der Waals surface area contributed by atoms with Crippen LogP contribution >= 0.6 is 11.6 Å². The summed E-state index contributed by atoms with van der Waals surface area (Å²) in [5, 5.41) is -0.470. The van der Waals surface area contributed by atoms with E-state index in [2.05, 4.69) is 16.8 Å². The number of hydrogen-bond donors (Lipinski definition) is 1. The molecule has 0 amide bonds. The smallest absolute Gasteiger partial charge is 0.268 e. The third-order valence-corrected chi connectivity index (χ3v) is 9.43. The van der Waals surface area contributed by atoms with E-state index in [1.807, 2.05) is 9.62 Å². The predicted molar refractivity (Wildman–Crippen MR) is 126 cm³/mol. The van der Waals surface area contributed by atoms with Crippen LogP contribution in [0.2, 0.25) is 5.02 Å². The van der Waals surface area contributed by atoms with Crippen LogP contribution in [-0.4, -0.2) is 63.2 Å². The molecular weight excluding hydrogens is 505 g/mol. The number of aromatic nitrogens is 1. The first-order valence-corrected chi connectivity index (χ1v) is 13.2. The van der Waals surface area contributed by atoms with Crippen LogP contribution in [0, 0.1) is 23.0 Å². The van der Waals surface area contributed by atoms with Crippen molar-refractivity contribution in [3.05, 3.63) is 46.9 Å². The first kappa shape index (κ1) is 24.6. The fraction of sp³-hybridized carbons (Fsp3) is 0.522. The van der Waals surface area contributed by atoms with Gasteiger partial charge in [0, 0.05) is 50.8 Å². The number of methoxy groups -OCH3 is 1. The molecule has 12 heteroatoms. The Morgan fingerprint density at radius 1 is 1.20 bits per heavy atom. The predicted octanol–water partition coefficient (Wildman–Crippen LogP) is 4.03. The van der Waals surface area contributed by atoms with E-state index >= 15 is 8.78 Å². The Balaban J connectivity index is 1.37. The molecular formula is C23H26ClF3N4O3S. The van der Waals surface area contributed by atoms with Gasteiger partial charge in [-0.15, -0.1) is 0 Å². The largest absolute Gasteiger partial charge is 0.376 e. The van der Waals surface area contributed by atoms with Crippen LogP contribution in [-0.2, 0) is 14.8 Å². The molecule has 190 valence electrons. The highest BCUT2D eigenvalue weighted by Crippen LogP contribution is 2.54. The first-order valence-electron chi connectivity index (χ1n) is 11.3. The Kier molecular flexibility index (Phi) is 5.98. The number of ether oxygens (including phenoxy) is 1. The topological polar surface area (TPSA) is 74.8 Å². The van der Waals surface area contributed by atoms with Crippen molar-refractivity contribution in [2.24, 2.45) is 5.41 Å². The van der Waals surface area contributed by atoms with Gasteiger partial charge in [-0.3, -0.25) is 9.62 Å². The summed E-state index contributed by atoms with van der Waals surface area (Å²) in [7, 11) is -3.04. The molecule has 1 N–H and O–H groups in total. The second kappa shape index (κ2) is 8.50. The molecule has 5 rings (SSSR count). The summed E-state index contributed by atoms with van der Waals surface area (Å²) >= 11 is 6.25. The normalized spacial score (nSPS) is 26.0. The highest BCUT2D eigenvalue weighted by molar-refractivity contribution is 7.92. The highest BCUT2D eigenvalue weighted by atomic mass is 35.5. The van der Waals surface area contributed by atoms with Crippen LogP contribution in [0.3, 0.4) is 0 Å². The lowest BCUT2D eigenvalue weighted by molar-refractivity contribution is -0.164. The summed E-state index contributed by atoms with van der Waals surface area (Å²) in [6.45, 7) is 4.91. The lowest BCUT2D eigenvalue weighted by atomic mass is 9.62. The third-order valence-electron chi connectivity index (χ3n) is 7.68. The second-order valence-electron chi connectivity index (χ2n) is 9.93. The quantitative estimate of drug-likeness (QED) is 0.449. The average Bonchev–Trinajstić information content (AvgIpc) is 3.21. The highest BCUT2D eigenvalue weighted by Gasteiger charge is 2.57. The number of likely N-dealkylation sites (tertiary alicyclic amines) is 1. The molecule has 2 aromatic rings. The van der Waals surface area contributed by atoms with E-state index in [-0.39, 0.29) is 16.7 Å². The fourth-order valence-electron chi connectivity index (χ4n) is 5.69. The van der Waals surface area contributed by atoms with Crippen molar-refractivity contribution in [3.63, 3.8) is 0 Å². The molecule has 1 aromatic heterocycles. The lowest BCUT2D eigenvalue weighted by Gasteiger charge is -2.60. The fourth-order valence-corrected chi connectivity index (χ4v) is 7.16. The molecule has 7 nitrogen and oxygen atoms in total. The van der Waals surface area contributed by atoms with Crippen LogP contribution < -0.4 is 9.62 Å². The summed E-state index contributed by atoms with van der Waals surface area (Å²) in [5.41, 5.74) is -0.0146. The van der Waals surface area contributed by atoms with Crippen molar-refractivity contribution in [1.82, 2.24) is 9.88 Å². The van der Waals surface area contributed by atoms with Gasteiger partial charge in [-0.1, -0.05) is 17.7 Å². The summed E-state index contributed by atoms with van der Waals surface area (Å²) in [6, 6.07) is 4.72. The number of pyridine rings is 1. The van der Waals surface area contributed by atoms with Gasteiger partial charge in [0.05, 0.1) is 11.3 Å². The molecule has 1 unspecified atom stereocenters. The van der Waals surface area contributed by atoms with Gasteiger partial charge in [-0.25, -0.2) is 22.2 Å². The standard InChI is InChI=1S/C23H26ClF3N4O3S/c1-22(34-2)11-31(12-22)16-6-7-23(16)8-9-30(13-23)15-10-14(25)21(20(27)19(15)24)35(32,33)29-18-5-3-4-17(26)28-18/h3-5,10,16H,6-9,11-13H2,1-2H3,(H,28,29)/t16?,23-/m0/s1. The number of sulfonamides is 1. The van der Waals surface area contributed by atoms with E-state index in [0.717, 1.165) is 44.5 Å². The van der Waals surface area contributed by atoms with E-state index < -0.39 is 43.3 Å². The van der Waals surface area contributed by atoms with Gasteiger partial charge >= 0.3 is 0 Å². The molecule has 3 fully saturated rings. The van der Waals surface area contributed by atoms with Crippen LogP contribution in [0.25, 0.3) is 0 Å². The van der Waals surface area contributed by atoms with E-state index in [1.54, 1.807) is 7.11 Å². The number of rotatable bonds is 6. The maximum atomic E-state index is 15.2. The van der Waals surface area contributed by atoms with Gasteiger partial charge in [-0.2, -0.15) is 4.39 Å². The van der Waals surface area contributed by atoms with Gasteiger partial charge in [-0.05, 0) is 38.3 Å². The lowest BCUT2D eigenvalue weighted by Crippen LogP contribution is -2.69. The Hall–Kier alpha value is -2.08.